The number of hydrogen-bond acceptors (Lipinski definition) is 6. The van der Waals surface area contributed by atoms with Gasteiger partial charge in [0.25, 0.3) is 0 Å². The van der Waals surface area contributed by atoms with Crippen LogP contribution in [0.4, 0.5) is 0 Å². The lowest BCUT2D eigenvalue weighted by atomic mass is 9.89. The van der Waals surface area contributed by atoms with E-state index in [1.165, 1.54) is 0 Å². The fraction of sp³-hybridized carbons (Fsp3) is 0.310. The predicted molar refractivity (Wildman–Crippen MR) is 145 cm³/mol. The molecule has 37 heavy (non-hydrogen) atoms. The van der Waals surface area contributed by atoms with E-state index in [0.29, 0.717) is 12.0 Å². The average Bonchev–Trinajstić information content (AvgIpc) is 2.90. The minimum Gasteiger partial charge on any atom is -0.480 e. The first-order valence-corrected chi connectivity index (χ1v) is 14.1. The van der Waals surface area contributed by atoms with Crippen molar-refractivity contribution in [2.45, 2.75) is 26.3 Å². The first-order valence-electron chi connectivity index (χ1n) is 12.4. The Hall–Kier alpha value is -3.09. The number of benzene rings is 3. The van der Waals surface area contributed by atoms with Crippen molar-refractivity contribution in [1.82, 2.24) is 5.32 Å². The van der Waals surface area contributed by atoms with Gasteiger partial charge in [-0.05, 0) is 42.5 Å². The zero-order valence-electron chi connectivity index (χ0n) is 21.2. The molecule has 2 atom stereocenters. The fourth-order valence-electron chi connectivity index (χ4n) is 4.26. The van der Waals surface area contributed by atoms with Crippen LogP contribution in [0, 0.1) is 5.92 Å². The Morgan fingerprint density at radius 3 is 1.92 bits per heavy atom. The molecule has 3 aromatic carbocycles. The van der Waals surface area contributed by atoms with Crippen LogP contribution in [0.5, 0.6) is 0 Å². The fourth-order valence-corrected chi connectivity index (χ4v) is 6.18. The maximum Gasteiger partial charge on any atom is 0.331 e. The molecule has 3 rings (SSSR count). The van der Waals surface area contributed by atoms with Gasteiger partial charge in [-0.25, -0.2) is 0 Å². The second kappa shape index (κ2) is 14.0. The summed E-state index contributed by atoms with van der Waals surface area (Å²) in [6.45, 7) is 3.43. The number of nitrogens with one attached hydrogen (secondary N) is 1. The predicted octanol–water partition coefficient (Wildman–Crippen LogP) is 5.76. The molecule has 8 heteroatoms. The second-order valence-electron chi connectivity index (χ2n) is 8.61. The van der Waals surface area contributed by atoms with Crippen LogP contribution in [0.2, 0.25) is 0 Å². The van der Waals surface area contributed by atoms with Crippen LogP contribution in [0.15, 0.2) is 84.9 Å². The summed E-state index contributed by atoms with van der Waals surface area (Å²) < 4.78 is 24.5. The number of carboxylic acids is 1. The number of carbonyl (C=O) groups is 2. The Labute approximate surface area is 218 Å². The molecular formula is C29H34NO6P. The summed E-state index contributed by atoms with van der Waals surface area (Å²) in [5.74, 6) is -2.08. The van der Waals surface area contributed by atoms with E-state index in [1.54, 1.807) is 38.1 Å². The van der Waals surface area contributed by atoms with Crippen molar-refractivity contribution in [3.8, 4) is 11.1 Å². The molecule has 2 N–H and O–H groups in total. The molecule has 0 aliphatic carbocycles. The van der Waals surface area contributed by atoms with E-state index in [-0.39, 0.29) is 25.2 Å². The molecule has 0 saturated heterocycles. The second-order valence-corrected chi connectivity index (χ2v) is 10.7. The zero-order valence-corrected chi connectivity index (χ0v) is 22.1. The quantitative estimate of drug-likeness (QED) is 0.244. The van der Waals surface area contributed by atoms with Crippen molar-refractivity contribution < 1.29 is 28.3 Å². The van der Waals surface area contributed by atoms with Crippen LogP contribution in [0.25, 0.3) is 11.1 Å². The smallest absolute Gasteiger partial charge is 0.331 e. The van der Waals surface area contributed by atoms with E-state index in [4.69, 9.17) is 9.05 Å². The zero-order chi connectivity index (χ0) is 26.7. The minimum absolute atomic E-state index is 0.105. The highest BCUT2D eigenvalue weighted by atomic mass is 31.2. The molecule has 0 aromatic heterocycles. The standard InChI is InChI=1S/C29H34NO6P/c1-3-35-37(34,36-4-2)21-26(19-22-15-17-24(18-16-22)23-11-7-5-8-12-23)29(33)28(30-20-27(31)32)25-13-9-6-10-14-25/h5-18,26,28,30H,3-4,19-21H2,1-2H3,(H,31,32). The minimum atomic E-state index is -3.56. The maximum absolute atomic E-state index is 13.9. The Bertz CT molecular complexity index is 1170. The van der Waals surface area contributed by atoms with Crippen LogP contribution < -0.4 is 5.32 Å². The topological polar surface area (TPSA) is 102 Å². The lowest BCUT2D eigenvalue weighted by molar-refractivity contribution is -0.136. The first kappa shape index (κ1) is 28.5. The third kappa shape index (κ3) is 8.48. The maximum atomic E-state index is 13.9. The summed E-state index contributed by atoms with van der Waals surface area (Å²) in [6, 6.07) is 25.9. The largest absolute Gasteiger partial charge is 0.480 e. The van der Waals surface area contributed by atoms with E-state index in [0.717, 1.165) is 16.7 Å². The first-order chi connectivity index (χ1) is 17.8. The molecule has 2 unspecified atom stereocenters. The lowest BCUT2D eigenvalue weighted by Crippen LogP contribution is -2.38. The molecule has 3 aromatic rings. The third-order valence-corrected chi connectivity index (χ3v) is 8.11. The summed E-state index contributed by atoms with van der Waals surface area (Å²) in [5, 5.41) is 12.1. The SMILES string of the molecule is CCOP(=O)(CC(Cc1ccc(-c2ccccc2)cc1)C(=O)C(NCC(=O)O)c1ccccc1)OCC. The number of hydrogen-bond donors (Lipinski definition) is 2. The number of Topliss-reactive ketones (excluding diaryl/α,β-unsaturated/α-hetero) is 1. The molecule has 196 valence electrons. The van der Waals surface area contributed by atoms with Gasteiger partial charge in [0.1, 0.15) is 0 Å². The summed E-state index contributed by atoms with van der Waals surface area (Å²) in [6.07, 6.45) is 0.197. The number of rotatable bonds is 15. The number of carboxylic acid groups (broad SMARTS) is 1. The van der Waals surface area contributed by atoms with Crippen molar-refractivity contribution in [1.29, 1.82) is 0 Å². The van der Waals surface area contributed by atoms with Gasteiger partial charge in [-0.3, -0.25) is 19.5 Å². The normalized spacial score (nSPS) is 13.1. The lowest BCUT2D eigenvalue weighted by Gasteiger charge is -2.26. The Morgan fingerprint density at radius 1 is 0.838 bits per heavy atom. The molecule has 0 bridgehead atoms. The third-order valence-electron chi connectivity index (χ3n) is 5.92. The highest BCUT2D eigenvalue weighted by molar-refractivity contribution is 7.53. The van der Waals surface area contributed by atoms with Crippen LogP contribution in [-0.4, -0.2) is 42.8 Å². The molecule has 7 nitrogen and oxygen atoms in total. The molecule has 0 aliphatic rings. The van der Waals surface area contributed by atoms with Gasteiger partial charge in [0, 0.05) is 5.92 Å². The van der Waals surface area contributed by atoms with Gasteiger partial charge in [0.05, 0.1) is 32.0 Å². The Balaban J connectivity index is 1.93. The van der Waals surface area contributed by atoms with Gasteiger partial charge in [0.2, 0.25) is 0 Å². The summed E-state index contributed by atoms with van der Waals surface area (Å²) in [5.41, 5.74) is 3.66. The number of aliphatic carboxylic acids is 1. The number of ketones is 1. The van der Waals surface area contributed by atoms with E-state index in [9.17, 15) is 19.3 Å². The summed E-state index contributed by atoms with van der Waals surface area (Å²) >= 11 is 0. The van der Waals surface area contributed by atoms with Crippen molar-refractivity contribution in [2.75, 3.05) is 25.9 Å². The van der Waals surface area contributed by atoms with Crippen molar-refractivity contribution in [2.24, 2.45) is 5.92 Å². The molecule has 0 spiro atoms. The van der Waals surface area contributed by atoms with Crippen LogP contribution >= 0.6 is 7.60 Å². The van der Waals surface area contributed by atoms with Crippen molar-refractivity contribution in [3.05, 3.63) is 96.1 Å². The summed E-state index contributed by atoms with van der Waals surface area (Å²) in [4.78, 5) is 25.3. The van der Waals surface area contributed by atoms with E-state index >= 15 is 0 Å². The molecule has 0 aliphatic heterocycles. The van der Waals surface area contributed by atoms with Crippen LogP contribution in [0.3, 0.4) is 0 Å². The number of carbonyl (C=O) groups excluding carboxylic acids is 1. The van der Waals surface area contributed by atoms with E-state index in [1.807, 2.05) is 60.7 Å². The van der Waals surface area contributed by atoms with Crippen LogP contribution in [0.1, 0.15) is 31.0 Å². The van der Waals surface area contributed by atoms with Crippen LogP contribution in [-0.2, 0) is 29.6 Å². The molecule has 0 amide bonds. The Morgan fingerprint density at radius 2 is 1.38 bits per heavy atom. The van der Waals surface area contributed by atoms with Gasteiger partial charge < -0.3 is 14.2 Å². The van der Waals surface area contributed by atoms with Crippen molar-refractivity contribution in [3.63, 3.8) is 0 Å². The van der Waals surface area contributed by atoms with Gasteiger partial charge in [-0.15, -0.1) is 0 Å². The van der Waals surface area contributed by atoms with Gasteiger partial charge in [0.15, 0.2) is 5.78 Å². The highest BCUT2D eigenvalue weighted by Crippen LogP contribution is 2.50. The van der Waals surface area contributed by atoms with Gasteiger partial charge >= 0.3 is 13.6 Å². The average molecular weight is 524 g/mol. The highest BCUT2D eigenvalue weighted by Gasteiger charge is 2.36. The molecular weight excluding hydrogens is 489 g/mol. The summed E-state index contributed by atoms with van der Waals surface area (Å²) in [7, 11) is -3.56. The van der Waals surface area contributed by atoms with E-state index in [2.05, 4.69) is 5.32 Å². The van der Waals surface area contributed by atoms with Crippen molar-refractivity contribution >= 4 is 19.3 Å². The molecule has 0 saturated carbocycles. The molecule has 0 radical (unpaired) electrons. The van der Waals surface area contributed by atoms with Gasteiger partial charge in [-0.2, -0.15) is 0 Å². The monoisotopic (exact) mass is 523 g/mol. The Kier molecular flexibility index (Phi) is 10.8. The van der Waals surface area contributed by atoms with Gasteiger partial charge in [-0.1, -0.05) is 84.9 Å². The van der Waals surface area contributed by atoms with E-state index < -0.39 is 32.1 Å². The molecule has 0 fully saturated rings. The molecule has 0 heterocycles.